The van der Waals surface area contributed by atoms with E-state index in [1.807, 2.05) is 0 Å². The van der Waals surface area contributed by atoms with Gasteiger partial charge in [0.2, 0.25) is 0 Å². The molecule has 1 aliphatic rings. The molecule has 1 heterocycles. The van der Waals surface area contributed by atoms with Gasteiger partial charge in [-0.3, -0.25) is 4.57 Å². The first kappa shape index (κ1) is 4.31. The van der Waals surface area contributed by atoms with Crippen LogP contribution < -0.4 is 0 Å². The summed E-state index contributed by atoms with van der Waals surface area (Å²) in [5.41, 5.74) is 0. The summed E-state index contributed by atoms with van der Waals surface area (Å²) in [6.07, 6.45) is 0.340. The minimum atomic E-state index is -2.97. The zero-order chi connectivity index (χ0) is 4.62. The topological polar surface area (TPSA) is 46.5 Å². The van der Waals surface area contributed by atoms with Crippen LogP contribution in [0.2, 0.25) is 0 Å². The highest BCUT2D eigenvalue weighted by atomic mass is 31.2. The van der Waals surface area contributed by atoms with Crippen LogP contribution in [0.15, 0.2) is 0 Å². The number of rotatable bonds is 0. The van der Waals surface area contributed by atoms with Gasteiger partial charge in [0.05, 0.1) is 12.8 Å². The summed E-state index contributed by atoms with van der Waals surface area (Å²) >= 11 is 0. The zero-order valence-electron chi connectivity index (χ0n) is 3.13. The summed E-state index contributed by atoms with van der Waals surface area (Å²) in [4.78, 5) is 8.25. The summed E-state index contributed by atoms with van der Waals surface area (Å²) in [5, 5.41) is 0. The fourth-order valence-corrected chi connectivity index (χ4v) is 0.742. The lowest BCUT2D eigenvalue weighted by Crippen LogP contribution is -2.11. The zero-order valence-corrected chi connectivity index (χ0v) is 4.02. The summed E-state index contributed by atoms with van der Waals surface area (Å²) in [6, 6.07) is 0. The van der Waals surface area contributed by atoms with E-state index in [0.29, 0.717) is 12.8 Å². The first-order valence-corrected chi connectivity index (χ1v) is 3.43. The van der Waals surface area contributed by atoms with Crippen molar-refractivity contribution in [2.24, 2.45) is 0 Å². The molecule has 0 radical (unpaired) electrons. The van der Waals surface area contributed by atoms with Crippen LogP contribution in [0.3, 0.4) is 0 Å². The van der Waals surface area contributed by atoms with Crippen LogP contribution in [-0.2, 0) is 9.09 Å². The molecule has 0 unspecified atom stereocenters. The van der Waals surface area contributed by atoms with E-state index in [9.17, 15) is 4.57 Å². The molecule has 1 aliphatic heterocycles. The Morgan fingerprint density at radius 3 is 2.17 bits per heavy atom. The maximum absolute atomic E-state index is 10.0. The highest BCUT2D eigenvalue weighted by Gasteiger charge is 2.28. The van der Waals surface area contributed by atoms with Crippen LogP contribution in [0, 0.1) is 0 Å². The van der Waals surface area contributed by atoms with Gasteiger partial charge in [0.25, 0.3) is 0 Å². The maximum Gasteiger partial charge on any atom is 0.330 e. The van der Waals surface area contributed by atoms with Crippen LogP contribution >= 0.6 is 7.60 Å². The van der Waals surface area contributed by atoms with E-state index in [1.165, 1.54) is 0 Å². The molecule has 0 aliphatic carbocycles. The molecule has 0 aromatic rings. The molecule has 1 N–H and O–H groups in total. The molecule has 0 bridgehead atoms. The molecule has 1 saturated heterocycles. The van der Waals surface area contributed by atoms with Gasteiger partial charge in [-0.25, -0.2) is 0 Å². The Morgan fingerprint density at radius 2 is 2.17 bits per heavy atom. The van der Waals surface area contributed by atoms with Crippen molar-refractivity contribution < 1.29 is 14.0 Å². The standard InChI is InChI=1S/C2H5O3P/c3-6(4)2-1-5-6/h1-2H2,(H,3,4). The van der Waals surface area contributed by atoms with E-state index in [-0.39, 0.29) is 0 Å². The van der Waals surface area contributed by atoms with Crippen LogP contribution in [0.5, 0.6) is 0 Å². The Morgan fingerprint density at radius 1 is 1.83 bits per heavy atom. The molecule has 1 rings (SSSR count). The van der Waals surface area contributed by atoms with Crippen LogP contribution in [0.1, 0.15) is 0 Å². The van der Waals surface area contributed by atoms with Gasteiger partial charge in [-0.2, -0.15) is 0 Å². The molecule has 0 saturated carbocycles. The minimum Gasteiger partial charge on any atom is -0.324 e. The molecular weight excluding hydrogens is 103 g/mol. The highest BCUT2D eigenvalue weighted by molar-refractivity contribution is 7.54. The van der Waals surface area contributed by atoms with Crippen molar-refractivity contribution in [3.63, 3.8) is 0 Å². The molecule has 0 aromatic carbocycles. The molecule has 3 nitrogen and oxygen atoms in total. The van der Waals surface area contributed by atoms with E-state index in [0.717, 1.165) is 0 Å². The van der Waals surface area contributed by atoms with Gasteiger partial charge in [0.1, 0.15) is 0 Å². The highest BCUT2D eigenvalue weighted by Crippen LogP contribution is 2.48. The van der Waals surface area contributed by atoms with E-state index in [1.54, 1.807) is 0 Å². The monoisotopic (exact) mass is 108 g/mol. The summed E-state index contributed by atoms with van der Waals surface area (Å²) in [5.74, 6) is 0. The Kier molecular flexibility index (Phi) is 0.761. The van der Waals surface area contributed by atoms with Gasteiger partial charge in [-0.15, -0.1) is 0 Å². The van der Waals surface area contributed by atoms with Gasteiger partial charge in [-0.05, 0) is 0 Å². The molecule has 1 atom stereocenters. The van der Waals surface area contributed by atoms with Gasteiger partial charge in [-0.1, -0.05) is 0 Å². The van der Waals surface area contributed by atoms with E-state index in [4.69, 9.17) is 4.89 Å². The number of hydrogen-bond acceptors (Lipinski definition) is 2. The predicted octanol–water partition coefficient (Wildman–Crippen LogP) is 0.202. The van der Waals surface area contributed by atoms with E-state index >= 15 is 0 Å². The quantitative estimate of drug-likeness (QED) is 0.451. The molecule has 6 heavy (non-hydrogen) atoms. The first-order valence-electron chi connectivity index (χ1n) is 1.67. The van der Waals surface area contributed by atoms with Crippen molar-refractivity contribution in [2.75, 3.05) is 12.8 Å². The van der Waals surface area contributed by atoms with Crippen molar-refractivity contribution in [3.8, 4) is 0 Å². The summed E-state index contributed by atoms with van der Waals surface area (Å²) in [6.45, 7) is 0.452. The smallest absolute Gasteiger partial charge is 0.324 e. The van der Waals surface area contributed by atoms with Crippen molar-refractivity contribution >= 4 is 7.60 Å². The molecule has 0 amide bonds. The van der Waals surface area contributed by atoms with Crippen LogP contribution in [0.25, 0.3) is 0 Å². The lowest BCUT2D eigenvalue weighted by atomic mass is 10.9. The number of hydrogen-bond donors (Lipinski definition) is 1. The predicted molar refractivity (Wildman–Crippen MR) is 20.6 cm³/mol. The van der Waals surface area contributed by atoms with Gasteiger partial charge < -0.3 is 9.42 Å². The van der Waals surface area contributed by atoms with Gasteiger partial charge in [0.15, 0.2) is 0 Å². The van der Waals surface area contributed by atoms with Crippen LogP contribution in [0.4, 0.5) is 0 Å². The lowest BCUT2D eigenvalue weighted by Gasteiger charge is -2.18. The largest absolute Gasteiger partial charge is 0.330 e. The van der Waals surface area contributed by atoms with Crippen LogP contribution in [-0.4, -0.2) is 17.7 Å². The molecule has 1 fully saturated rings. The normalized spacial score (nSPS) is 44.8. The molecule has 36 valence electrons. The average molecular weight is 108 g/mol. The second-order valence-electron chi connectivity index (χ2n) is 1.19. The Hall–Kier alpha value is 0.150. The Labute approximate surface area is 35.5 Å². The summed E-state index contributed by atoms with van der Waals surface area (Å²) < 4.78 is 14.2. The summed E-state index contributed by atoms with van der Waals surface area (Å²) in [7, 11) is -2.97. The fourth-order valence-electron chi connectivity index (χ4n) is 0.247. The molecule has 0 spiro atoms. The van der Waals surface area contributed by atoms with Crippen molar-refractivity contribution in [2.45, 2.75) is 0 Å². The van der Waals surface area contributed by atoms with E-state index < -0.39 is 7.60 Å². The minimum absolute atomic E-state index is 0.340. The fraction of sp³-hybridized carbons (Fsp3) is 1.00. The molecular formula is C2H5O3P. The lowest BCUT2D eigenvalue weighted by molar-refractivity contribution is 0.220. The molecule has 4 heteroatoms. The van der Waals surface area contributed by atoms with Crippen molar-refractivity contribution in [3.05, 3.63) is 0 Å². The van der Waals surface area contributed by atoms with Gasteiger partial charge >= 0.3 is 7.60 Å². The van der Waals surface area contributed by atoms with E-state index in [2.05, 4.69) is 4.52 Å². The Bertz CT molecular complexity index is 91.0. The SMILES string of the molecule is O=[P@]1(O)CCO1. The van der Waals surface area contributed by atoms with Crippen molar-refractivity contribution in [1.29, 1.82) is 0 Å². The second-order valence-corrected chi connectivity index (χ2v) is 3.17. The maximum atomic E-state index is 10.0. The van der Waals surface area contributed by atoms with Gasteiger partial charge in [0, 0.05) is 0 Å². The van der Waals surface area contributed by atoms with Crippen molar-refractivity contribution in [1.82, 2.24) is 0 Å². The third-order valence-electron chi connectivity index (χ3n) is 0.667. The first-order chi connectivity index (χ1) is 2.71. The third kappa shape index (κ3) is 0.620. The second kappa shape index (κ2) is 1.06. The Balaban J connectivity index is 2.53. The third-order valence-corrected chi connectivity index (χ3v) is 2.00. The molecule has 0 aromatic heterocycles. The average Bonchev–Trinajstić information content (AvgIpc) is 1.32.